The van der Waals surface area contributed by atoms with Crippen LogP contribution in [0.1, 0.15) is 31.4 Å². The zero-order chi connectivity index (χ0) is 23.8. The summed E-state index contributed by atoms with van der Waals surface area (Å²) in [6, 6.07) is 8.48. The summed E-state index contributed by atoms with van der Waals surface area (Å²) in [5.41, 5.74) is 0.597. The van der Waals surface area contributed by atoms with Crippen LogP contribution in [-0.4, -0.2) is 31.5 Å². The molecule has 0 saturated heterocycles. The molecule has 1 aliphatic carbocycles. The van der Waals surface area contributed by atoms with Crippen molar-refractivity contribution in [3.63, 3.8) is 0 Å². The lowest BCUT2D eigenvalue weighted by Crippen LogP contribution is -2.42. The molecule has 4 aromatic rings. The zero-order valence-electron chi connectivity index (χ0n) is 18.8. The van der Waals surface area contributed by atoms with Gasteiger partial charge in [-0.1, -0.05) is 6.07 Å². The molecule has 1 N–H and O–H groups in total. The molecule has 1 fully saturated rings. The van der Waals surface area contributed by atoms with Gasteiger partial charge in [-0.3, -0.25) is 27.9 Å². The molecule has 0 aliphatic heterocycles. The fourth-order valence-corrected chi connectivity index (χ4v) is 5.71. The number of aromatic nitrogens is 4. The van der Waals surface area contributed by atoms with Gasteiger partial charge in [-0.05, 0) is 55.2 Å². The quantitative estimate of drug-likeness (QED) is 0.470. The highest BCUT2D eigenvalue weighted by atomic mass is 32.1. The first-order valence-electron chi connectivity index (χ1n) is 11.4. The maximum Gasteiger partial charge on any atom is 0.331 e. The summed E-state index contributed by atoms with van der Waals surface area (Å²) in [5, 5.41) is 4.50. The van der Waals surface area contributed by atoms with Crippen molar-refractivity contribution in [1.82, 2.24) is 23.8 Å². The van der Waals surface area contributed by atoms with Crippen molar-refractivity contribution in [3.8, 4) is 0 Å². The van der Waals surface area contributed by atoms with Gasteiger partial charge in [-0.25, -0.2) is 9.78 Å². The van der Waals surface area contributed by atoms with Gasteiger partial charge in [0.15, 0.2) is 0 Å². The highest BCUT2D eigenvalue weighted by Crippen LogP contribution is 2.29. The number of hydrogen-bond donors (Lipinski definition) is 1. The van der Waals surface area contributed by atoms with Crippen LogP contribution in [0.25, 0.3) is 15.9 Å². The molecule has 176 valence electrons. The molecule has 4 heterocycles. The van der Waals surface area contributed by atoms with Crippen LogP contribution in [-0.2, 0) is 17.9 Å². The van der Waals surface area contributed by atoms with Gasteiger partial charge in [0.05, 0.1) is 17.8 Å². The molecule has 4 aromatic heterocycles. The average molecular weight is 480 g/mol. The molecule has 1 amide bonds. The van der Waals surface area contributed by atoms with Crippen molar-refractivity contribution in [2.75, 3.05) is 7.05 Å². The van der Waals surface area contributed by atoms with Crippen LogP contribution in [0.3, 0.4) is 0 Å². The summed E-state index contributed by atoms with van der Waals surface area (Å²) in [4.78, 5) is 55.7. The molecule has 9 nitrogen and oxygen atoms in total. The van der Waals surface area contributed by atoms with Crippen LogP contribution in [0.15, 0.2) is 56.3 Å². The number of amides is 1. The Morgan fingerprint density at radius 2 is 1.91 bits per heavy atom. The van der Waals surface area contributed by atoms with Crippen LogP contribution < -0.4 is 22.1 Å². The van der Waals surface area contributed by atoms with Crippen LogP contribution in [0.2, 0.25) is 0 Å². The van der Waals surface area contributed by atoms with E-state index in [4.69, 9.17) is 0 Å². The summed E-state index contributed by atoms with van der Waals surface area (Å²) in [7, 11) is 1.64. The second-order valence-electron chi connectivity index (χ2n) is 8.77. The minimum Gasteiger partial charge on any atom is -0.359 e. The number of rotatable bonds is 5. The Balaban J connectivity index is 1.50. The first kappa shape index (κ1) is 22.3. The summed E-state index contributed by atoms with van der Waals surface area (Å²) < 4.78 is 4.81. The van der Waals surface area contributed by atoms with Crippen molar-refractivity contribution in [3.05, 3.63) is 78.8 Å². The van der Waals surface area contributed by atoms with E-state index in [9.17, 15) is 19.2 Å². The highest BCUT2D eigenvalue weighted by molar-refractivity contribution is 7.17. The van der Waals surface area contributed by atoms with E-state index in [1.807, 2.05) is 0 Å². The van der Waals surface area contributed by atoms with E-state index in [0.717, 1.165) is 25.7 Å². The van der Waals surface area contributed by atoms with Gasteiger partial charge in [-0.15, -0.1) is 11.3 Å². The monoisotopic (exact) mass is 479 g/mol. The standard InChI is InChI=1S/C24H25N5O4S/c1-25-22(31)16-7-5-15(6-8-16)13-29-23(32)21-18(9-11-34-21)28(24(29)33)14-17-12-20(30)27-10-3-2-4-19(27)26-17/h2-4,9-12,15-16H,5-8,13-14H2,1H3,(H,25,31). The second-order valence-corrected chi connectivity index (χ2v) is 9.68. The van der Waals surface area contributed by atoms with E-state index in [0.29, 0.717) is 28.1 Å². The predicted octanol–water partition coefficient (Wildman–Crippen LogP) is 1.83. The largest absolute Gasteiger partial charge is 0.359 e. The second kappa shape index (κ2) is 9.02. The third kappa shape index (κ3) is 3.98. The minimum absolute atomic E-state index is 0.00691. The Morgan fingerprint density at radius 1 is 1.12 bits per heavy atom. The number of carbonyl (C=O) groups excluding carboxylic acids is 1. The fraction of sp³-hybridized carbons (Fsp3) is 0.375. The Morgan fingerprint density at radius 3 is 2.68 bits per heavy atom. The fourth-order valence-electron chi connectivity index (χ4n) is 4.86. The maximum absolute atomic E-state index is 13.5. The number of thiophene rings is 1. The van der Waals surface area contributed by atoms with Gasteiger partial charge in [0.25, 0.3) is 11.1 Å². The lowest BCUT2D eigenvalue weighted by molar-refractivity contribution is -0.125. The maximum atomic E-state index is 13.5. The molecule has 10 heteroatoms. The molecular weight excluding hydrogens is 454 g/mol. The van der Waals surface area contributed by atoms with Gasteiger partial charge in [0.1, 0.15) is 10.3 Å². The SMILES string of the molecule is CNC(=O)C1CCC(Cn2c(=O)c3sccc3n(Cc3cc(=O)n4ccccc4n3)c2=O)CC1. The van der Waals surface area contributed by atoms with Crippen molar-refractivity contribution in [1.29, 1.82) is 0 Å². The molecule has 0 aromatic carbocycles. The molecule has 0 atom stereocenters. The van der Waals surface area contributed by atoms with E-state index in [1.54, 1.807) is 42.9 Å². The normalized spacial score (nSPS) is 18.4. The molecular formula is C24H25N5O4S. The Labute approximate surface area is 198 Å². The Kier molecular flexibility index (Phi) is 5.91. The molecule has 1 saturated carbocycles. The number of nitrogens with one attached hydrogen (secondary N) is 1. The number of nitrogens with zero attached hydrogens (tertiary/aromatic N) is 4. The summed E-state index contributed by atoms with van der Waals surface area (Å²) >= 11 is 1.30. The zero-order valence-corrected chi connectivity index (χ0v) is 19.6. The van der Waals surface area contributed by atoms with E-state index in [1.165, 1.54) is 30.9 Å². The summed E-state index contributed by atoms with van der Waals surface area (Å²) in [6.45, 7) is 0.413. The average Bonchev–Trinajstić information content (AvgIpc) is 3.34. The van der Waals surface area contributed by atoms with E-state index in [2.05, 4.69) is 10.3 Å². The molecule has 34 heavy (non-hydrogen) atoms. The van der Waals surface area contributed by atoms with Gasteiger partial charge >= 0.3 is 5.69 Å². The van der Waals surface area contributed by atoms with Gasteiger partial charge in [0, 0.05) is 31.8 Å². The van der Waals surface area contributed by atoms with Crippen molar-refractivity contribution in [2.45, 2.75) is 38.8 Å². The van der Waals surface area contributed by atoms with Crippen LogP contribution in [0.5, 0.6) is 0 Å². The summed E-state index contributed by atoms with van der Waals surface area (Å²) in [6.07, 6.45) is 4.72. The smallest absolute Gasteiger partial charge is 0.331 e. The number of pyridine rings is 1. The number of fused-ring (bicyclic) bond motifs is 2. The minimum atomic E-state index is -0.403. The van der Waals surface area contributed by atoms with Crippen molar-refractivity contribution < 1.29 is 4.79 Å². The van der Waals surface area contributed by atoms with Gasteiger partial charge in [0.2, 0.25) is 5.91 Å². The van der Waals surface area contributed by atoms with Gasteiger partial charge in [-0.2, -0.15) is 0 Å². The number of hydrogen-bond acceptors (Lipinski definition) is 6. The van der Waals surface area contributed by atoms with Crippen molar-refractivity contribution >= 4 is 33.1 Å². The van der Waals surface area contributed by atoms with E-state index < -0.39 is 5.69 Å². The lowest BCUT2D eigenvalue weighted by atomic mass is 9.81. The number of carbonyl (C=O) groups is 1. The van der Waals surface area contributed by atoms with Crippen LogP contribution in [0.4, 0.5) is 0 Å². The first-order valence-corrected chi connectivity index (χ1v) is 12.2. The molecule has 0 spiro atoms. The van der Waals surface area contributed by atoms with Crippen LogP contribution >= 0.6 is 11.3 Å². The van der Waals surface area contributed by atoms with E-state index in [-0.39, 0.29) is 35.4 Å². The Hall–Kier alpha value is -3.53. The first-order chi connectivity index (χ1) is 16.5. The topological polar surface area (TPSA) is 107 Å². The molecule has 0 bridgehead atoms. The van der Waals surface area contributed by atoms with E-state index >= 15 is 0 Å². The van der Waals surface area contributed by atoms with Crippen molar-refractivity contribution in [2.24, 2.45) is 11.8 Å². The lowest BCUT2D eigenvalue weighted by Gasteiger charge is -2.27. The molecule has 0 unspecified atom stereocenters. The predicted molar refractivity (Wildman–Crippen MR) is 130 cm³/mol. The molecule has 0 radical (unpaired) electrons. The third-order valence-electron chi connectivity index (χ3n) is 6.69. The van der Waals surface area contributed by atoms with Gasteiger partial charge < -0.3 is 5.32 Å². The molecule has 1 aliphatic rings. The van der Waals surface area contributed by atoms with Crippen LogP contribution in [0, 0.1) is 11.8 Å². The third-order valence-corrected chi connectivity index (χ3v) is 7.58. The molecule has 5 rings (SSSR count). The summed E-state index contributed by atoms with van der Waals surface area (Å²) in [5.74, 6) is 0.199. The highest BCUT2D eigenvalue weighted by Gasteiger charge is 2.27. The Bertz CT molecular complexity index is 1560.